The lowest BCUT2D eigenvalue weighted by atomic mass is 9.99. The van der Waals surface area contributed by atoms with Gasteiger partial charge in [-0.25, -0.2) is 8.42 Å². The highest BCUT2D eigenvalue weighted by atomic mass is 32.2. The second-order valence-electron chi connectivity index (χ2n) is 4.90. The highest BCUT2D eigenvalue weighted by Gasteiger charge is 2.45. The summed E-state index contributed by atoms with van der Waals surface area (Å²) in [4.78, 5) is -0.125. The van der Waals surface area contributed by atoms with Gasteiger partial charge in [0.1, 0.15) is 10.6 Å². The van der Waals surface area contributed by atoms with Crippen LogP contribution in [0.25, 0.3) is 0 Å². The first-order valence-corrected chi connectivity index (χ1v) is 7.57. The zero-order valence-electron chi connectivity index (χ0n) is 11.1. The molecule has 0 amide bonds. The van der Waals surface area contributed by atoms with Crippen LogP contribution in [0.15, 0.2) is 9.42 Å². The van der Waals surface area contributed by atoms with Crippen molar-refractivity contribution in [3.8, 4) is 0 Å². The molecule has 0 aromatic carbocycles. The maximum absolute atomic E-state index is 12.8. The van der Waals surface area contributed by atoms with E-state index in [1.165, 1.54) is 13.8 Å². The molecule has 0 saturated carbocycles. The summed E-state index contributed by atoms with van der Waals surface area (Å²) >= 11 is 0. The lowest BCUT2D eigenvalue weighted by molar-refractivity contribution is -0.182. The van der Waals surface area contributed by atoms with E-state index in [9.17, 15) is 21.6 Å². The van der Waals surface area contributed by atoms with Gasteiger partial charge in [-0.1, -0.05) is 5.16 Å². The molecule has 0 bridgehead atoms. The molecular weight excluding hydrogens is 297 g/mol. The fourth-order valence-electron chi connectivity index (χ4n) is 2.40. The molecule has 0 radical (unpaired) electrons. The van der Waals surface area contributed by atoms with Gasteiger partial charge >= 0.3 is 6.18 Å². The molecule has 1 aliphatic rings. The quantitative estimate of drug-likeness (QED) is 0.840. The van der Waals surface area contributed by atoms with Crippen molar-refractivity contribution in [2.24, 2.45) is 5.92 Å². The van der Waals surface area contributed by atoms with Crippen LogP contribution in [0.1, 0.15) is 24.3 Å². The van der Waals surface area contributed by atoms with Gasteiger partial charge < -0.3 is 4.52 Å². The Morgan fingerprint density at radius 1 is 1.35 bits per heavy atom. The summed E-state index contributed by atoms with van der Waals surface area (Å²) in [6.07, 6.45) is -4.24. The number of hydrogen-bond acceptors (Lipinski definition) is 4. The van der Waals surface area contributed by atoms with Crippen LogP contribution >= 0.6 is 0 Å². The average Bonchev–Trinajstić information content (AvgIpc) is 2.68. The third-order valence-corrected chi connectivity index (χ3v) is 5.52. The van der Waals surface area contributed by atoms with Crippen molar-refractivity contribution in [2.45, 2.75) is 37.8 Å². The molecule has 114 valence electrons. The summed E-state index contributed by atoms with van der Waals surface area (Å²) in [5.74, 6) is -1.52. The third kappa shape index (κ3) is 2.69. The molecule has 0 spiro atoms. The zero-order valence-corrected chi connectivity index (χ0v) is 11.9. The molecule has 2 rings (SSSR count). The molecule has 1 aliphatic heterocycles. The van der Waals surface area contributed by atoms with Crippen LogP contribution in [0.5, 0.6) is 0 Å². The van der Waals surface area contributed by atoms with Crippen LogP contribution in [-0.4, -0.2) is 37.1 Å². The Hall–Kier alpha value is -1.09. The van der Waals surface area contributed by atoms with Crippen molar-refractivity contribution in [3.05, 3.63) is 11.5 Å². The molecule has 9 heteroatoms. The van der Waals surface area contributed by atoms with E-state index in [1.54, 1.807) is 0 Å². The molecule has 1 aromatic heterocycles. The fraction of sp³-hybridized carbons (Fsp3) is 0.727. The normalized spacial score (nSPS) is 22.1. The third-order valence-electron chi connectivity index (χ3n) is 3.41. The van der Waals surface area contributed by atoms with E-state index >= 15 is 0 Å². The minimum atomic E-state index is -4.38. The number of aryl methyl sites for hydroxylation is 2. The Bertz CT molecular complexity index is 575. The summed E-state index contributed by atoms with van der Waals surface area (Å²) in [6, 6.07) is 0. The molecule has 20 heavy (non-hydrogen) atoms. The average molecular weight is 312 g/mol. The minimum Gasteiger partial charge on any atom is -0.360 e. The maximum atomic E-state index is 12.8. The predicted molar refractivity (Wildman–Crippen MR) is 63.5 cm³/mol. The number of nitrogens with zero attached hydrogens (tertiary/aromatic N) is 2. The Morgan fingerprint density at radius 2 is 2.00 bits per heavy atom. The molecule has 2 heterocycles. The molecule has 5 nitrogen and oxygen atoms in total. The fourth-order valence-corrected chi connectivity index (χ4v) is 4.21. The van der Waals surface area contributed by atoms with Gasteiger partial charge in [0.15, 0.2) is 5.76 Å². The first-order valence-electron chi connectivity index (χ1n) is 6.13. The number of hydrogen-bond donors (Lipinski definition) is 0. The van der Waals surface area contributed by atoms with Crippen molar-refractivity contribution in [2.75, 3.05) is 13.1 Å². The van der Waals surface area contributed by atoms with Gasteiger partial charge in [-0.05, 0) is 26.7 Å². The van der Waals surface area contributed by atoms with Crippen LogP contribution in [0, 0.1) is 19.8 Å². The lowest BCUT2D eigenvalue weighted by Crippen LogP contribution is -2.44. The monoisotopic (exact) mass is 312 g/mol. The van der Waals surface area contributed by atoms with Crippen molar-refractivity contribution < 1.29 is 26.1 Å². The number of aromatic nitrogens is 1. The number of sulfonamides is 1. The summed E-state index contributed by atoms with van der Waals surface area (Å²) in [7, 11) is -4.00. The van der Waals surface area contributed by atoms with E-state index in [0.29, 0.717) is 0 Å². The molecule has 0 N–H and O–H groups in total. The maximum Gasteiger partial charge on any atom is 0.393 e. The standard InChI is InChI=1S/C11H15F3N2O3S/c1-7-10(8(2)19-15-7)20(17,18)16-5-3-4-9(6-16)11(12,13)14/h9H,3-6H2,1-2H3/t9-/m0/s1. The molecule has 1 saturated heterocycles. The Morgan fingerprint density at radius 3 is 2.50 bits per heavy atom. The van der Waals surface area contributed by atoms with Gasteiger partial charge in [0.2, 0.25) is 10.0 Å². The molecule has 0 aliphatic carbocycles. The van der Waals surface area contributed by atoms with Gasteiger partial charge in [0.05, 0.1) is 5.92 Å². The van der Waals surface area contributed by atoms with Crippen molar-refractivity contribution in [3.63, 3.8) is 0 Å². The topological polar surface area (TPSA) is 63.4 Å². The van der Waals surface area contributed by atoms with Crippen molar-refractivity contribution >= 4 is 10.0 Å². The van der Waals surface area contributed by atoms with Crippen LogP contribution in [0.4, 0.5) is 13.2 Å². The highest BCUT2D eigenvalue weighted by Crippen LogP contribution is 2.35. The molecular formula is C11H15F3N2O3S. The first-order chi connectivity index (χ1) is 9.14. The van der Waals surface area contributed by atoms with Gasteiger partial charge in [-0.15, -0.1) is 0 Å². The van der Waals surface area contributed by atoms with E-state index in [4.69, 9.17) is 4.52 Å². The molecule has 1 aromatic rings. The van der Waals surface area contributed by atoms with Crippen LogP contribution in [0.3, 0.4) is 0 Å². The first kappa shape index (κ1) is 15.3. The largest absolute Gasteiger partial charge is 0.393 e. The summed E-state index contributed by atoms with van der Waals surface area (Å²) in [6.45, 7) is 2.42. The van der Waals surface area contributed by atoms with Crippen LogP contribution in [0.2, 0.25) is 0 Å². The summed E-state index contributed by atoms with van der Waals surface area (Å²) < 4.78 is 68.8. The van der Waals surface area contributed by atoms with E-state index in [2.05, 4.69) is 5.16 Å². The Labute approximate surface area is 114 Å². The second-order valence-corrected chi connectivity index (χ2v) is 6.77. The number of piperidine rings is 1. The van der Waals surface area contributed by atoms with E-state index in [0.717, 1.165) is 4.31 Å². The van der Waals surface area contributed by atoms with Crippen LogP contribution in [-0.2, 0) is 10.0 Å². The Balaban J connectivity index is 2.31. The van der Waals surface area contributed by atoms with Gasteiger partial charge in [-0.3, -0.25) is 0 Å². The molecule has 1 fully saturated rings. The van der Waals surface area contributed by atoms with Gasteiger partial charge in [-0.2, -0.15) is 17.5 Å². The summed E-state index contributed by atoms with van der Waals surface area (Å²) in [5, 5.41) is 3.54. The van der Waals surface area contributed by atoms with E-state index in [1.807, 2.05) is 0 Å². The SMILES string of the molecule is Cc1noc(C)c1S(=O)(=O)N1CCC[C@H](C(F)(F)F)C1. The smallest absolute Gasteiger partial charge is 0.360 e. The van der Waals surface area contributed by atoms with Crippen molar-refractivity contribution in [1.82, 2.24) is 9.46 Å². The molecule has 0 unspecified atom stereocenters. The predicted octanol–water partition coefficient (Wildman–Crippen LogP) is 2.25. The highest BCUT2D eigenvalue weighted by molar-refractivity contribution is 7.89. The van der Waals surface area contributed by atoms with Crippen LogP contribution < -0.4 is 0 Å². The number of rotatable bonds is 2. The minimum absolute atomic E-state index is 0.0445. The van der Waals surface area contributed by atoms with Gasteiger partial charge in [0.25, 0.3) is 0 Å². The number of halogens is 3. The van der Waals surface area contributed by atoms with E-state index in [-0.39, 0.29) is 35.7 Å². The van der Waals surface area contributed by atoms with Crippen molar-refractivity contribution in [1.29, 1.82) is 0 Å². The van der Waals surface area contributed by atoms with Gasteiger partial charge in [0, 0.05) is 13.1 Å². The molecule has 1 atom stereocenters. The zero-order chi connectivity index (χ0) is 15.1. The number of alkyl halides is 3. The lowest BCUT2D eigenvalue weighted by Gasteiger charge is -2.32. The van der Waals surface area contributed by atoms with E-state index < -0.39 is 28.7 Å². The Kier molecular flexibility index (Phi) is 3.85. The second kappa shape index (κ2) is 5.03. The summed E-state index contributed by atoms with van der Waals surface area (Å²) in [5.41, 5.74) is 0.164.